The first-order valence-corrected chi connectivity index (χ1v) is 18.8. The van der Waals surface area contributed by atoms with Gasteiger partial charge in [0.05, 0.1) is 17.8 Å². The summed E-state index contributed by atoms with van der Waals surface area (Å²) in [5, 5.41) is 30.3. The van der Waals surface area contributed by atoms with Gasteiger partial charge >= 0.3 is 5.97 Å². The number of carboxylic acid groups (broad SMARTS) is 1. The van der Waals surface area contributed by atoms with Gasteiger partial charge in [-0.3, -0.25) is 19.4 Å². The lowest BCUT2D eigenvalue weighted by atomic mass is 9.95. The van der Waals surface area contributed by atoms with E-state index in [1.54, 1.807) is 11.1 Å². The molecule has 52 heavy (non-hydrogen) atoms. The Morgan fingerprint density at radius 2 is 1.73 bits per heavy atom. The van der Waals surface area contributed by atoms with Crippen molar-refractivity contribution in [2.24, 2.45) is 21.7 Å². The van der Waals surface area contributed by atoms with E-state index in [4.69, 9.17) is 21.7 Å². The number of hydrazone groups is 1. The smallest absolute Gasteiger partial charge is 0.320 e. The van der Waals surface area contributed by atoms with E-state index in [1.807, 2.05) is 24.3 Å². The van der Waals surface area contributed by atoms with Crippen LogP contribution in [0.5, 0.6) is 0 Å². The third-order valence-corrected chi connectivity index (χ3v) is 9.50. The molecule has 1 aliphatic carbocycles. The number of carboxylic acids is 1. The monoisotopic (exact) mass is 722 g/mol. The maximum absolute atomic E-state index is 12.8. The first-order chi connectivity index (χ1) is 25.3. The molecule has 0 radical (unpaired) electrons. The summed E-state index contributed by atoms with van der Waals surface area (Å²) in [6.45, 7) is 5.34. The Labute approximate surface area is 306 Å². The number of aliphatic carboxylic acids is 1. The van der Waals surface area contributed by atoms with Gasteiger partial charge in [-0.05, 0) is 76.7 Å². The van der Waals surface area contributed by atoms with Crippen molar-refractivity contribution >= 4 is 52.4 Å². The zero-order valence-corrected chi connectivity index (χ0v) is 30.3. The number of para-hydroxylation sites is 1. The molecular weight excluding hydrogens is 664 g/mol. The fourth-order valence-corrected chi connectivity index (χ4v) is 6.41. The summed E-state index contributed by atoms with van der Waals surface area (Å²) in [4.78, 5) is 51.3. The molecule has 286 valence electrons. The molecule has 1 saturated heterocycles. The van der Waals surface area contributed by atoms with Crippen LogP contribution < -0.4 is 38.2 Å². The van der Waals surface area contributed by atoms with Crippen LogP contribution >= 0.6 is 0 Å². The second kappa shape index (κ2) is 22.5. The summed E-state index contributed by atoms with van der Waals surface area (Å²) in [6.07, 6.45) is 12.2. The Balaban J connectivity index is 1.15. The third kappa shape index (κ3) is 14.3. The van der Waals surface area contributed by atoms with Crippen LogP contribution in [0.25, 0.3) is 10.9 Å². The molecule has 1 unspecified atom stereocenters. The standard InChI is InChI=1S/C36H58N12O4/c37-30(35(51)52)12-13-32(49)42-21-14-33(50)48-22-15-27(16-23-48)44-34-29-10-4-5-11-31(29)45-36(46-34)43-25-28(47-38)24-40-19-6-17-39-18-7-20-41-26-8-2-1-3-9-26/h4-5,10-11,24,26-27,30,39,41H,1-3,6-9,12-23,25,37-38H2,(H,42,49)(H,51,52)(H2,43,44,45,46). The Morgan fingerprint density at radius 1 is 0.962 bits per heavy atom. The van der Waals surface area contributed by atoms with Gasteiger partial charge < -0.3 is 48.2 Å². The number of amides is 2. The Bertz CT molecular complexity index is 1470. The number of fused-ring (bicyclic) bond motifs is 1. The van der Waals surface area contributed by atoms with Crippen molar-refractivity contribution in [2.45, 2.75) is 95.2 Å². The molecule has 2 aliphatic rings. The molecule has 1 aromatic heterocycles. The number of nitrogens with two attached hydrogens (primary N) is 2. The van der Waals surface area contributed by atoms with Crippen LogP contribution in [0.1, 0.15) is 77.0 Å². The number of hydrogen-bond donors (Lipinski definition) is 8. The molecular formula is C36H58N12O4. The van der Waals surface area contributed by atoms with Crippen molar-refractivity contribution in [1.82, 2.24) is 30.8 Å². The molecule has 2 fully saturated rings. The Hall–Kier alpha value is -4.41. The van der Waals surface area contributed by atoms with Gasteiger partial charge in [-0.25, -0.2) is 4.98 Å². The van der Waals surface area contributed by atoms with Gasteiger partial charge in [-0.1, -0.05) is 31.4 Å². The first-order valence-electron chi connectivity index (χ1n) is 18.8. The van der Waals surface area contributed by atoms with Gasteiger partial charge in [-0.15, -0.1) is 0 Å². The number of piperidine rings is 1. The van der Waals surface area contributed by atoms with E-state index >= 15 is 0 Å². The third-order valence-electron chi connectivity index (χ3n) is 9.50. The van der Waals surface area contributed by atoms with Crippen LogP contribution in [0, 0.1) is 0 Å². The molecule has 1 saturated carbocycles. The molecule has 4 rings (SSSR count). The fourth-order valence-electron chi connectivity index (χ4n) is 6.41. The van der Waals surface area contributed by atoms with E-state index in [2.05, 4.69) is 41.7 Å². The van der Waals surface area contributed by atoms with Crippen LogP contribution in [0.3, 0.4) is 0 Å². The summed E-state index contributed by atoms with van der Waals surface area (Å²) in [5.41, 5.74) is 6.82. The number of aliphatic imine (C=N–C) groups is 1. The summed E-state index contributed by atoms with van der Waals surface area (Å²) < 4.78 is 0. The summed E-state index contributed by atoms with van der Waals surface area (Å²) in [5.74, 6) is 5.32. The number of nitrogens with one attached hydrogen (secondary N) is 5. The zero-order chi connectivity index (χ0) is 37.0. The highest BCUT2D eigenvalue weighted by molar-refractivity contribution is 6.32. The molecule has 16 nitrogen and oxygen atoms in total. The average Bonchev–Trinajstić information content (AvgIpc) is 3.16. The van der Waals surface area contributed by atoms with Crippen molar-refractivity contribution in [1.29, 1.82) is 0 Å². The average molecular weight is 723 g/mol. The quantitative estimate of drug-likeness (QED) is 0.0376. The van der Waals surface area contributed by atoms with E-state index in [9.17, 15) is 14.4 Å². The Kier molecular flexibility index (Phi) is 17.5. The molecule has 1 atom stereocenters. The van der Waals surface area contributed by atoms with Crippen LogP contribution in [0.2, 0.25) is 0 Å². The van der Waals surface area contributed by atoms with Gasteiger partial charge in [-0.2, -0.15) is 10.1 Å². The first kappa shape index (κ1) is 40.4. The maximum Gasteiger partial charge on any atom is 0.320 e. The second-order valence-corrected chi connectivity index (χ2v) is 13.6. The number of benzene rings is 1. The van der Waals surface area contributed by atoms with Gasteiger partial charge in [0, 0.05) is 62.7 Å². The van der Waals surface area contributed by atoms with Gasteiger partial charge in [0.15, 0.2) is 0 Å². The van der Waals surface area contributed by atoms with Crippen LogP contribution in [0.15, 0.2) is 34.4 Å². The molecule has 2 aromatic rings. The molecule has 2 amide bonds. The molecule has 16 heteroatoms. The van der Waals surface area contributed by atoms with E-state index in [-0.39, 0.29) is 43.7 Å². The van der Waals surface area contributed by atoms with E-state index in [0.29, 0.717) is 49.7 Å². The highest BCUT2D eigenvalue weighted by Crippen LogP contribution is 2.25. The minimum Gasteiger partial charge on any atom is -0.480 e. The molecule has 0 spiro atoms. The SMILES string of the molecule is NN=C(C=NCCCNCCCNC1CCCCC1)CNc1nc(NC2CCN(C(=O)CCNC(=O)CCC(N)C(=O)O)CC2)c2ccccc2n1. The lowest BCUT2D eigenvalue weighted by Gasteiger charge is -2.33. The molecule has 2 heterocycles. The van der Waals surface area contributed by atoms with Crippen molar-refractivity contribution in [3.05, 3.63) is 24.3 Å². The number of nitrogens with zero attached hydrogens (tertiary/aromatic N) is 5. The molecule has 0 bridgehead atoms. The van der Waals surface area contributed by atoms with Gasteiger partial charge in [0.25, 0.3) is 0 Å². The van der Waals surface area contributed by atoms with Crippen molar-refractivity contribution in [2.75, 3.05) is 63.0 Å². The number of carbonyl (C=O) groups is 3. The van der Waals surface area contributed by atoms with Crippen LogP contribution in [0.4, 0.5) is 11.8 Å². The predicted octanol–water partition coefficient (Wildman–Crippen LogP) is 1.82. The number of anilines is 2. The minimum absolute atomic E-state index is 0.000627. The van der Waals surface area contributed by atoms with E-state index < -0.39 is 12.0 Å². The minimum atomic E-state index is -1.14. The summed E-state index contributed by atoms with van der Waals surface area (Å²) in [6, 6.07) is 7.54. The summed E-state index contributed by atoms with van der Waals surface area (Å²) >= 11 is 0. The maximum atomic E-state index is 12.8. The van der Waals surface area contributed by atoms with Gasteiger partial charge in [0.2, 0.25) is 17.8 Å². The van der Waals surface area contributed by atoms with Crippen LogP contribution in [-0.2, 0) is 14.4 Å². The lowest BCUT2D eigenvalue weighted by Crippen LogP contribution is -2.43. The van der Waals surface area contributed by atoms with Gasteiger partial charge in [0.1, 0.15) is 11.9 Å². The van der Waals surface area contributed by atoms with E-state index in [0.717, 1.165) is 56.2 Å². The molecule has 10 N–H and O–H groups in total. The Morgan fingerprint density at radius 3 is 2.50 bits per heavy atom. The number of aromatic nitrogens is 2. The highest BCUT2D eigenvalue weighted by Gasteiger charge is 2.24. The predicted molar refractivity (Wildman–Crippen MR) is 206 cm³/mol. The zero-order valence-electron chi connectivity index (χ0n) is 30.3. The fraction of sp³-hybridized carbons (Fsp3) is 0.639. The normalized spacial score (nSPS) is 16.6. The van der Waals surface area contributed by atoms with Crippen molar-refractivity contribution < 1.29 is 19.5 Å². The van der Waals surface area contributed by atoms with E-state index in [1.165, 1.54) is 32.1 Å². The molecule has 1 aromatic carbocycles. The number of hydrogen-bond acceptors (Lipinski definition) is 13. The second-order valence-electron chi connectivity index (χ2n) is 13.6. The summed E-state index contributed by atoms with van der Waals surface area (Å²) in [7, 11) is 0. The number of rotatable bonds is 22. The van der Waals surface area contributed by atoms with Crippen LogP contribution in [-0.4, -0.2) is 120 Å². The number of carbonyl (C=O) groups excluding carboxylic acids is 2. The topological polar surface area (TPSA) is 237 Å². The van der Waals surface area contributed by atoms with Crippen molar-refractivity contribution in [3.8, 4) is 0 Å². The highest BCUT2D eigenvalue weighted by atomic mass is 16.4. The largest absolute Gasteiger partial charge is 0.480 e. The van der Waals surface area contributed by atoms with Crippen molar-refractivity contribution in [3.63, 3.8) is 0 Å². The lowest BCUT2D eigenvalue weighted by molar-refractivity contribution is -0.138. The molecule has 1 aliphatic heterocycles. The number of likely N-dealkylation sites (tertiary alicyclic amines) is 1.